The molecule has 0 aliphatic heterocycles. The average Bonchev–Trinajstić information content (AvgIpc) is 3.18. The van der Waals surface area contributed by atoms with Crippen molar-refractivity contribution in [3.8, 4) is 0 Å². The topological polar surface area (TPSA) is 70.6 Å². The van der Waals surface area contributed by atoms with Crippen molar-refractivity contribution in [1.82, 2.24) is 9.88 Å². The van der Waals surface area contributed by atoms with Crippen molar-refractivity contribution in [1.29, 1.82) is 0 Å². The highest BCUT2D eigenvalue weighted by atomic mass is 32.2. The van der Waals surface area contributed by atoms with E-state index in [4.69, 9.17) is 4.98 Å². The van der Waals surface area contributed by atoms with Crippen molar-refractivity contribution in [3.05, 3.63) is 48.0 Å². The van der Waals surface area contributed by atoms with Gasteiger partial charge in [-0.25, -0.2) is 13.4 Å². The molecule has 0 fully saturated rings. The molecule has 6 nitrogen and oxygen atoms in total. The van der Waals surface area contributed by atoms with Gasteiger partial charge >= 0.3 is 0 Å². The number of hydrogen-bond donors (Lipinski definition) is 0. The van der Waals surface area contributed by atoms with E-state index in [2.05, 4.69) is 24.8 Å². The molecule has 3 rings (SSSR count). The third-order valence-electron chi connectivity index (χ3n) is 5.11. The second-order valence-corrected chi connectivity index (χ2v) is 11.0. The quantitative estimate of drug-likeness (QED) is 0.425. The molecule has 166 valence electrons. The zero-order valence-corrected chi connectivity index (χ0v) is 20.6. The highest BCUT2D eigenvalue weighted by molar-refractivity contribution is 7.98. The van der Waals surface area contributed by atoms with Gasteiger partial charge in [-0.15, -0.1) is 11.8 Å². The standard InChI is InChI=1S/C22H27N3O3S3/c1-5-24(6-2)13-14-25(21(26)17-9-7-8-10-20(17)31(4,27)28)22-23-18-12-11-16(29-3)15-19(18)30-22/h7-12,15H,5-6,13-14H2,1-4H3. The number of hydrogen-bond acceptors (Lipinski definition) is 7. The third kappa shape index (κ3) is 5.46. The number of benzene rings is 2. The first-order valence-electron chi connectivity index (χ1n) is 10.1. The Morgan fingerprint density at radius 3 is 2.45 bits per heavy atom. The number of thiazole rings is 1. The maximum atomic E-state index is 13.6. The predicted octanol–water partition coefficient (Wildman–Crippen LogP) is 4.41. The second-order valence-electron chi connectivity index (χ2n) is 7.08. The van der Waals surface area contributed by atoms with Crippen molar-refractivity contribution < 1.29 is 13.2 Å². The summed E-state index contributed by atoms with van der Waals surface area (Å²) < 4.78 is 25.6. The Labute approximate surface area is 192 Å². The molecule has 0 aliphatic rings. The summed E-state index contributed by atoms with van der Waals surface area (Å²) in [5.74, 6) is -0.350. The summed E-state index contributed by atoms with van der Waals surface area (Å²) in [5.41, 5.74) is 1.00. The summed E-state index contributed by atoms with van der Waals surface area (Å²) in [7, 11) is -3.55. The molecule has 31 heavy (non-hydrogen) atoms. The molecular weight excluding hydrogens is 450 g/mol. The molecule has 0 N–H and O–H groups in total. The molecule has 2 aromatic carbocycles. The Hall–Kier alpha value is -1.94. The number of amides is 1. The lowest BCUT2D eigenvalue weighted by Gasteiger charge is -2.25. The van der Waals surface area contributed by atoms with Crippen LogP contribution in [0.15, 0.2) is 52.3 Å². The lowest BCUT2D eigenvalue weighted by Crippen LogP contribution is -2.39. The van der Waals surface area contributed by atoms with Crippen LogP contribution < -0.4 is 4.90 Å². The van der Waals surface area contributed by atoms with Crippen LogP contribution in [-0.2, 0) is 9.84 Å². The van der Waals surface area contributed by atoms with E-state index in [1.54, 1.807) is 34.9 Å². The van der Waals surface area contributed by atoms with E-state index in [0.29, 0.717) is 18.2 Å². The summed E-state index contributed by atoms with van der Waals surface area (Å²) in [6, 6.07) is 12.4. The largest absolute Gasteiger partial charge is 0.302 e. The lowest BCUT2D eigenvalue weighted by atomic mass is 10.2. The number of aromatic nitrogens is 1. The molecule has 3 aromatic rings. The summed E-state index contributed by atoms with van der Waals surface area (Å²) in [4.78, 5) is 23.3. The van der Waals surface area contributed by atoms with E-state index in [1.807, 2.05) is 18.4 Å². The van der Waals surface area contributed by atoms with Gasteiger partial charge in [-0.2, -0.15) is 0 Å². The van der Waals surface area contributed by atoms with Crippen molar-refractivity contribution >= 4 is 54.2 Å². The van der Waals surface area contributed by atoms with Crippen LogP contribution in [0.5, 0.6) is 0 Å². The molecule has 0 aliphatic carbocycles. The first-order chi connectivity index (χ1) is 14.8. The van der Waals surface area contributed by atoms with Gasteiger partial charge in [-0.1, -0.05) is 37.3 Å². The molecule has 0 spiro atoms. The van der Waals surface area contributed by atoms with Crippen LogP contribution in [-0.4, -0.2) is 62.9 Å². The van der Waals surface area contributed by atoms with Crippen molar-refractivity contribution in [3.63, 3.8) is 0 Å². The fraction of sp³-hybridized carbons (Fsp3) is 0.364. The molecule has 0 atom stereocenters. The maximum Gasteiger partial charge on any atom is 0.261 e. The average molecular weight is 478 g/mol. The number of carbonyl (C=O) groups excluding carboxylic acids is 1. The van der Waals surface area contributed by atoms with E-state index >= 15 is 0 Å². The van der Waals surface area contributed by atoms with Gasteiger partial charge in [0.2, 0.25) is 0 Å². The zero-order chi connectivity index (χ0) is 22.6. The molecule has 0 unspecified atom stereocenters. The van der Waals surface area contributed by atoms with Gasteiger partial charge < -0.3 is 4.90 Å². The molecule has 1 amide bonds. The minimum atomic E-state index is -3.55. The van der Waals surface area contributed by atoms with Gasteiger partial charge in [0, 0.05) is 24.2 Å². The Bertz CT molecular complexity index is 1170. The van der Waals surface area contributed by atoms with Crippen LogP contribution in [0.1, 0.15) is 24.2 Å². The van der Waals surface area contributed by atoms with Gasteiger partial charge in [-0.3, -0.25) is 9.69 Å². The van der Waals surface area contributed by atoms with Gasteiger partial charge in [0.25, 0.3) is 5.91 Å². The third-order valence-corrected chi connectivity index (χ3v) is 8.03. The number of fused-ring (bicyclic) bond motifs is 1. The number of sulfone groups is 1. The van der Waals surface area contributed by atoms with Crippen molar-refractivity contribution in [2.75, 3.05) is 43.6 Å². The Morgan fingerprint density at radius 1 is 1.10 bits per heavy atom. The zero-order valence-electron chi connectivity index (χ0n) is 18.2. The van der Waals surface area contributed by atoms with Crippen molar-refractivity contribution in [2.24, 2.45) is 0 Å². The van der Waals surface area contributed by atoms with Gasteiger partial charge in [0.15, 0.2) is 15.0 Å². The summed E-state index contributed by atoms with van der Waals surface area (Å²) in [6.45, 7) is 7.00. The molecule has 1 aromatic heterocycles. The molecule has 9 heteroatoms. The first-order valence-corrected chi connectivity index (χ1v) is 14.0. The Kier molecular flexibility index (Phi) is 7.74. The van der Waals surface area contributed by atoms with Gasteiger partial charge in [0.1, 0.15) is 0 Å². The highest BCUT2D eigenvalue weighted by Gasteiger charge is 2.26. The van der Waals surface area contributed by atoms with Gasteiger partial charge in [0.05, 0.1) is 20.7 Å². The number of thioether (sulfide) groups is 1. The SMILES string of the molecule is CCN(CC)CCN(C(=O)c1ccccc1S(C)(=O)=O)c1nc2ccc(SC)cc2s1. The minimum absolute atomic E-state index is 0.0404. The molecule has 0 radical (unpaired) electrons. The fourth-order valence-electron chi connectivity index (χ4n) is 3.31. The molecule has 1 heterocycles. The minimum Gasteiger partial charge on any atom is -0.302 e. The number of likely N-dealkylation sites (N-methyl/N-ethyl adjacent to an activating group) is 1. The Balaban J connectivity index is 2.06. The molecule has 0 saturated heterocycles. The van der Waals surface area contributed by atoms with Crippen LogP contribution in [0.2, 0.25) is 0 Å². The highest BCUT2D eigenvalue weighted by Crippen LogP contribution is 2.33. The second kappa shape index (κ2) is 10.1. The molecular formula is C22H27N3O3S3. The smallest absolute Gasteiger partial charge is 0.261 e. The maximum absolute atomic E-state index is 13.6. The number of rotatable bonds is 9. The van der Waals surface area contributed by atoms with Crippen LogP contribution in [0.25, 0.3) is 10.2 Å². The van der Waals surface area contributed by atoms with E-state index in [-0.39, 0.29) is 16.4 Å². The van der Waals surface area contributed by atoms with E-state index < -0.39 is 9.84 Å². The fourth-order valence-corrected chi connectivity index (χ4v) is 5.74. The van der Waals surface area contributed by atoms with E-state index in [9.17, 15) is 13.2 Å². The summed E-state index contributed by atoms with van der Waals surface area (Å²) >= 11 is 3.11. The number of anilines is 1. The molecule has 0 saturated carbocycles. The monoisotopic (exact) mass is 477 g/mol. The number of carbonyl (C=O) groups is 1. The first kappa shape index (κ1) is 23.7. The summed E-state index contributed by atoms with van der Waals surface area (Å²) in [5, 5.41) is 0.578. The normalized spacial score (nSPS) is 11.9. The van der Waals surface area contributed by atoms with E-state index in [1.165, 1.54) is 17.4 Å². The van der Waals surface area contributed by atoms with Crippen LogP contribution in [0, 0.1) is 0 Å². The predicted molar refractivity (Wildman–Crippen MR) is 130 cm³/mol. The molecule has 0 bridgehead atoms. The summed E-state index contributed by atoms with van der Waals surface area (Å²) in [6.07, 6.45) is 3.14. The van der Waals surface area contributed by atoms with Crippen LogP contribution in [0.3, 0.4) is 0 Å². The lowest BCUT2D eigenvalue weighted by molar-refractivity contribution is 0.0980. The van der Waals surface area contributed by atoms with Gasteiger partial charge in [-0.05, 0) is 49.7 Å². The Morgan fingerprint density at radius 2 is 1.81 bits per heavy atom. The van der Waals surface area contributed by atoms with E-state index in [0.717, 1.165) is 34.5 Å². The van der Waals surface area contributed by atoms with Crippen LogP contribution in [0.4, 0.5) is 5.13 Å². The van der Waals surface area contributed by atoms with Crippen LogP contribution >= 0.6 is 23.1 Å². The van der Waals surface area contributed by atoms with Crippen molar-refractivity contribution in [2.45, 2.75) is 23.6 Å². The number of nitrogens with zero attached hydrogens (tertiary/aromatic N) is 3.